The second-order valence-corrected chi connectivity index (χ2v) is 6.92. The number of likely N-dealkylation sites (tertiary alicyclic amines) is 1. The number of hydrogen-bond acceptors (Lipinski definition) is 6. The summed E-state index contributed by atoms with van der Waals surface area (Å²) >= 11 is 0. The van der Waals surface area contributed by atoms with Gasteiger partial charge in [-0.25, -0.2) is 0 Å². The van der Waals surface area contributed by atoms with E-state index in [1.807, 2.05) is 24.3 Å². The summed E-state index contributed by atoms with van der Waals surface area (Å²) in [6, 6.07) is 5.63. The summed E-state index contributed by atoms with van der Waals surface area (Å²) in [5.41, 5.74) is 0.187. The van der Waals surface area contributed by atoms with E-state index in [1.54, 1.807) is 25.2 Å². The summed E-state index contributed by atoms with van der Waals surface area (Å²) < 4.78 is 16.4. The van der Waals surface area contributed by atoms with Crippen molar-refractivity contribution >= 4 is 11.9 Å². The van der Waals surface area contributed by atoms with Gasteiger partial charge in [0.2, 0.25) is 5.91 Å². The van der Waals surface area contributed by atoms with E-state index < -0.39 is 29.5 Å². The predicted molar refractivity (Wildman–Crippen MR) is 88.6 cm³/mol. The molecule has 2 saturated heterocycles. The standard InChI is InChI=1S/C19H21NO6/c1-24-12-4-3-11(9-14(12)25-2)6-8-20-10-19-7-5-13(26-19)15(18(22)23)16(19)17(20)21/h3-5,7,9,13,15-16H,6,8,10H2,1-2H3,(H,22,23)/p-1/t13-,15-,16+,19+/m0/s1. The van der Waals surface area contributed by atoms with Crippen LogP contribution in [0.3, 0.4) is 0 Å². The summed E-state index contributed by atoms with van der Waals surface area (Å²) in [4.78, 5) is 26.0. The Morgan fingerprint density at radius 2 is 2.12 bits per heavy atom. The van der Waals surface area contributed by atoms with Crippen LogP contribution >= 0.6 is 0 Å². The van der Waals surface area contributed by atoms with Gasteiger partial charge in [-0.1, -0.05) is 18.2 Å². The van der Waals surface area contributed by atoms with Crippen LogP contribution in [0.15, 0.2) is 30.4 Å². The Kier molecular flexibility index (Phi) is 3.91. The second kappa shape index (κ2) is 6.02. The maximum absolute atomic E-state index is 12.8. The molecule has 7 nitrogen and oxygen atoms in total. The smallest absolute Gasteiger partial charge is 0.229 e. The minimum atomic E-state index is -1.22. The van der Waals surface area contributed by atoms with E-state index in [0.717, 1.165) is 5.56 Å². The van der Waals surface area contributed by atoms with E-state index in [1.165, 1.54) is 0 Å². The first-order valence-electron chi connectivity index (χ1n) is 8.57. The van der Waals surface area contributed by atoms with Crippen molar-refractivity contribution in [3.63, 3.8) is 0 Å². The van der Waals surface area contributed by atoms with E-state index in [2.05, 4.69) is 0 Å². The number of aliphatic carboxylic acids is 1. The normalized spacial score (nSPS) is 31.4. The quantitative estimate of drug-likeness (QED) is 0.653. The zero-order chi connectivity index (χ0) is 18.5. The van der Waals surface area contributed by atoms with E-state index in [4.69, 9.17) is 14.2 Å². The summed E-state index contributed by atoms with van der Waals surface area (Å²) in [5.74, 6) is -1.70. The number of benzene rings is 1. The molecular weight excluding hydrogens is 338 g/mol. The fourth-order valence-electron chi connectivity index (χ4n) is 4.34. The van der Waals surface area contributed by atoms with Crippen molar-refractivity contribution < 1.29 is 28.9 Å². The molecule has 1 aromatic rings. The monoisotopic (exact) mass is 358 g/mol. The van der Waals surface area contributed by atoms with Crippen LogP contribution in [0.25, 0.3) is 0 Å². The minimum absolute atomic E-state index is 0.175. The molecule has 0 unspecified atom stereocenters. The van der Waals surface area contributed by atoms with Crippen LogP contribution in [0.4, 0.5) is 0 Å². The van der Waals surface area contributed by atoms with Gasteiger partial charge in [0.15, 0.2) is 11.5 Å². The molecule has 1 spiro atoms. The Balaban J connectivity index is 1.48. The lowest BCUT2D eigenvalue weighted by atomic mass is 9.77. The van der Waals surface area contributed by atoms with Crippen LogP contribution in [-0.4, -0.2) is 55.8 Å². The number of rotatable bonds is 6. The molecule has 0 aliphatic carbocycles. The lowest BCUT2D eigenvalue weighted by molar-refractivity contribution is -0.313. The summed E-state index contributed by atoms with van der Waals surface area (Å²) in [5, 5.41) is 11.5. The van der Waals surface area contributed by atoms with Crippen molar-refractivity contribution in [2.45, 2.75) is 18.1 Å². The average Bonchev–Trinajstić information content (AvgIpc) is 3.27. The molecule has 0 aromatic heterocycles. The minimum Gasteiger partial charge on any atom is -0.550 e. The van der Waals surface area contributed by atoms with Gasteiger partial charge in [-0.15, -0.1) is 0 Å². The largest absolute Gasteiger partial charge is 0.550 e. The van der Waals surface area contributed by atoms with E-state index >= 15 is 0 Å². The van der Waals surface area contributed by atoms with Gasteiger partial charge in [0.25, 0.3) is 0 Å². The molecule has 0 N–H and O–H groups in total. The molecule has 0 saturated carbocycles. The first-order valence-corrected chi connectivity index (χ1v) is 8.57. The van der Waals surface area contributed by atoms with Gasteiger partial charge in [0.05, 0.1) is 32.8 Å². The van der Waals surface area contributed by atoms with Gasteiger partial charge in [0, 0.05) is 18.4 Å². The molecule has 7 heteroatoms. The fourth-order valence-corrected chi connectivity index (χ4v) is 4.34. The topological polar surface area (TPSA) is 88.1 Å². The van der Waals surface area contributed by atoms with Crippen molar-refractivity contribution in [2.24, 2.45) is 11.8 Å². The van der Waals surface area contributed by atoms with Crippen molar-refractivity contribution in [1.82, 2.24) is 4.90 Å². The van der Waals surface area contributed by atoms with Crippen LogP contribution in [0, 0.1) is 11.8 Å². The van der Waals surface area contributed by atoms with E-state index in [0.29, 0.717) is 31.0 Å². The van der Waals surface area contributed by atoms with Crippen LogP contribution in [-0.2, 0) is 20.7 Å². The third kappa shape index (κ3) is 2.38. The number of amides is 1. The highest BCUT2D eigenvalue weighted by Gasteiger charge is 2.65. The lowest BCUT2D eigenvalue weighted by Gasteiger charge is -2.24. The second-order valence-electron chi connectivity index (χ2n) is 6.92. The van der Waals surface area contributed by atoms with E-state index in [9.17, 15) is 14.7 Å². The first-order chi connectivity index (χ1) is 12.5. The van der Waals surface area contributed by atoms with Crippen LogP contribution < -0.4 is 14.6 Å². The zero-order valence-corrected chi connectivity index (χ0v) is 14.6. The van der Waals surface area contributed by atoms with Crippen LogP contribution in [0.1, 0.15) is 5.56 Å². The number of carboxylic acids is 1. The number of carbonyl (C=O) groups excluding carboxylic acids is 2. The van der Waals surface area contributed by atoms with Gasteiger partial charge in [-0.05, 0) is 24.1 Å². The van der Waals surface area contributed by atoms with Gasteiger partial charge in [0.1, 0.15) is 5.60 Å². The fraction of sp³-hybridized carbons (Fsp3) is 0.474. The number of methoxy groups -OCH3 is 2. The van der Waals surface area contributed by atoms with Crippen molar-refractivity contribution in [3.8, 4) is 11.5 Å². The zero-order valence-electron chi connectivity index (χ0n) is 14.6. The molecule has 2 fully saturated rings. The molecule has 0 radical (unpaired) electrons. The third-order valence-electron chi connectivity index (χ3n) is 5.57. The van der Waals surface area contributed by atoms with Gasteiger partial charge < -0.3 is 29.0 Å². The highest BCUT2D eigenvalue weighted by Crippen LogP contribution is 2.51. The Morgan fingerprint density at radius 1 is 1.35 bits per heavy atom. The number of fused-ring (bicyclic) bond motifs is 1. The number of ether oxygens (including phenoxy) is 3. The Hall–Kier alpha value is -2.54. The third-order valence-corrected chi connectivity index (χ3v) is 5.57. The predicted octanol–water partition coefficient (Wildman–Crippen LogP) is -0.222. The van der Waals surface area contributed by atoms with Crippen LogP contribution in [0.2, 0.25) is 0 Å². The molecule has 1 amide bonds. The first kappa shape index (κ1) is 16.9. The average molecular weight is 358 g/mol. The maximum Gasteiger partial charge on any atom is 0.229 e. The van der Waals surface area contributed by atoms with Gasteiger partial charge in [-0.2, -0.15) is 0 Å². The Labute approximate surface area is 151 Å². The van der Waals surface area contributed by atoms with Crippen molar-refractivity contribution in [2.75, 3.05) is 27.3 Å². The molecule has 1 aromatic carbocycles. The highest BCUT2D eigenvalue weighted by molar-refractivity contribution is 5.90. The highest BCUT2D eigenvalue weighted by atomic mass is 16.5. The Bertz CT molecular complexity index is 790. The lowest BCUT2D eigenvalue weighted by Crippen LogP contribution is -2.45. The summed E-state index contributed by atoms with van der Waals surface area (Å²) in [6.07, 6.45) is 3.65. The molecule has 3 aliphatic heterocycles. The molecule has 26 heavy (non-hydrogen) atoms. The van der Waals surface area contributed by atoms with Gasteiger partial charge >= 0.3 is 0 Å². The number of hydrogen-bond donors (Lipinski definition) is 0. The van der Waals surface area contributed by atoms with Crippen molar-refractivity contribution in [3.05, 3.63) is 35.9 Å². The van der Waals surface area contributed by atoms with Crippen LogP contribution in [0.5, 0.6) is 11.5 Å². The number of carboxylic acid groups (broad SMARTS) is 1. The maximum atomic E-state index is 12.8. The molecule has 4 atom stereocenters. The van der Waals surface area contributed by atoms with E-state index in [-0.39, 0.29) is 5.91 Å². The molecule has 3 heterocycles. The number of carbonyl (C=O) groups is 2. The molecule has 4 rings (SSSR count). The number of nitrogens with zero attached hydrogens (tertiary/aromatic N) is 1. The van der Waals surface area contributed by atoms with Crippen molar-refractivity contribution in [1.29, 1.82) is 0 Å². The molecule has 3 aliphatic rings. The van der Waals surface area contributed by atoms with Gasteiger partial charge in [-0.3, -0.25) is 4.79 Å². The molecule has 2 bridgehead atoms. The SMILES string of the molecule is COc1ccc(CCN2C[C@@]34C=C[C@H](O3)[C@H](C(=O)[O-])[C@@H]4C2=O)cc1OC. The summed E-state index contributed by atoms with van der Waals surface area (Å²) in [6.45, 7) is 0.856. The summed E-state index contributed by atoms with van der Waals surface area (Å²) in [7, 11) is 3.15. The molecule has 138 valence electrons. The Morgan fingerprint density at radius 3 is 2.81 bits per heavy atom. The molecular formula is C19H20NO6-.